The molecule has 1 aliphatic heterocycles. The highest BCUT2D eigenvalue weighted by Crippen LogP contribution is 2.36. The second-order valence-electron chi connectivity index (χ2n) is 6.75. The van der Waals surface area contributed by atoms with Crippen molar-refractivity contribution in [2.24, 2.45) is 23.5 Å². The van der Waals surface area contributed by atoms with Gasteiger partial charge in [-0.1, -0.05) is 25.5 Å². The zero-order valence-corrected chi connectivity index (χ0v) is 12.6. The van der Waals surface area contributed by atoms with Crippen LogP contribution in [0.5, 0.6) is 5.75 Å². The molecule has 2 heteroatoms. The zero-order valence-electron chi connectivity index (χ0n) is 12.6. The fourth-order valence-corrected chi connectivity index (χ4v) is 3.97. The Morgan fingerprint density at radius 2 is 2.15 bits per heavy atom. The number of hydrogen-bond donors (Lipinski definition) is 1. The van der Waals surface area contributed by atoms with Crippen LogP contribution in [0.15, 0.2) is 18.2 Å². The van der Waals surface area contributed by atoms with Crippen LogP contribution in [0.3, 0.4) is 0 Å². The fraction of sp³-hybridized carbons (Fsp3) is 0.667. The molecule has 3 unspecified atom stereocenters. The molecule has 110 valence electrons. The summed E-state index contributed by atoms with van der Waals surface area (Å²) in [5.41, 5.74) is 8.84. The molecule has 20 heavy (non-hydrogen) atoms. The maximum Gasteiger partial charge on any atom is 0.122 e. The number of hydrogen-bond acceptors (Lipinski definition) is 2. The van der Waals surface area contributed by atoms with Gasteiger partial charge in [0.2, 0.25) is 0 Å². The molecule has 2 N–H and O–H groups in total. The van der Waals surface area contributed by atoms with E-state index in [4.69, 9.17) is 10.5 Å². The molecule has 0 spiro atoms. The van der Waals surface area contributed by atoms with Crippen molar-refractivity contribution in [3.63, 3.8) is 0 Å². The van der Waals surface area contributed by atoms with Crippen molar-refractivity contribution in [1.82, 2.24) is 0 Å². The summed E-state index contributed by atoms with van der Waals surface area (Å²) in [6, 6.07) is 6.75. The lowest BCUT2D eigenvalue weighted by atomic mass is 9.72. The van der Waals surface area contributed by atoms with Crippen LogP contribution in [0, 0.1) is 17.8 Å². The molecule has 0 radical (unpaired) electrons. The zero-order chi connectivity index (χ0) is 13.9. The van der Waals surface area contributed by atoms with Crippen molar-refractivity contribution in [3.8, 4) is 5.75 Å². The van der Waals surface area contributed by atoms with Crippen LogP contribution < -0.4 is 10.5 Å². The predicted molar refractivity (Wildman–Crippen MR) is 83.0 cm³/mol. The van der Waals surface area contributed by atoms with Crippen molar-refractivity contribution in [2.45, 2.75) is 45.4 Å². The van der Waals surface area contributed by atoms with E-state index in [0.717, 1.165) is 43.1 Å². The van der Waals surface area contributed by atoms with Crippen LogP contribution in [0.2, 0.25) is 0 Å². The maximum atomic E-state index is 5.97. The first-order valence-electron chi connectivity index (χ1n) is 8.21. The van der Waals surface area contributed by atoms with Crippen LogP contribution in [-0.2, 0) is 12.8 Å². The van der Waals surface area contributed by atoms with Gasteiger partial charge >= 0.3 is 0 Å². The molecular formula is C18H27NO. The predicted octanol–water partition coefficient (Wildman–Crippen LogP) is 3.57. The van der Waals surface area contributed by atoms with Crippen molar-refractivity contribution in [1.29, 1.82) is 0 Å². The summed E-state index contributed by atoms with van der Waals surface area (Å²) in [5, 5.41) is 0. The van der Waals surface area contributed by atoms with E-state index in [1.807, 2.05) is 0 Å². The van der Waals surface area contributed by atoms with Crippen LogP contribution in [0.4, 0.5) is 0 Å². The largest absolute Gasteiger partial charge is 0.493 e. The highest BCUT2D eigenvalue weighted by Gasteiger charge is 2.27. The molecular weight excluding hydrogens is 246 g/mol. The van der Waals surface area contributed by atoms with E-state index in [0.29, 0.717) is 0 Å². The van der Waals surface area contributed by atoms with Crippen molar-refractivity contribution >= 4 is 0 Å². The molecule has 2 aliphatic rings. The van der Waals surface area contributed by atoms with Gasteiger partial charge in [-0.15, -0.1) is 0 Å². The number of benzene rings is 1. The molecule has 2 nitrogen and oxygen atoms in total. The lowest BCUT2D eigenvalue weighted by Gasteiger charge is -2.34. The van der Waals surface area contributed by atoms with Crippen LogP contribution in [0.1, 0.15) is 43.7 Å². The topological polar surface area (TPSA) is 35.2 Å². The van der Waals surface area contributed by atoms with Crippen molar-refractivity contribution in [3.05, 3.63) is 29.3 Å². The molecule has 1 fully saturated rings. The van der Waals surface area contributed by atoms with Crippen LogP contribution in [-0.4, -0.2) is 13.2 Å². The van der Waals surface area contributed by atoms with Crippen molar-refractivity contribution < 1.29 is 4.74 Å². The van der Waals surface area contributed by atoms with Crippen molar-refractivity contribution in [2.75, 3.05) is 13.2 Å². The first kappa shape index (κ1) is 13.9. The summed E-state index contributed by atoms with van der Waals surface area (Å²) >= 11 is 0. The number of nitrogens with two attached hydrogens (primary N) is 1. The average Bonchev–Trinajstić information content (AvgIpc) is 2.92. The number of ether oxygens (including phenoxy) is 1. The second kappa shape index (κ2) is 6.17. The van der Waals surface area contributed by atoms with Gasteiger partial charge in [0.05, 0.1) is 6.61 Å². The first-order chi connectivity index (χ1) is 9.76. The smallest absolute Gasteiger partial charge is 0.122 e. The number of rotatable bonds is 4. The lowest BCUT2D eigenvalue weighted by Crippen LogP contribution is -2.30. The van der Waals surface area contributed by atoms with Gasteiger partial charge in [0, 0.05) is 6.42 Å². The van der Waals surface area contributed by atoms with Gasteiger partial charge in [0.1, 0.15) is 5.75 Å². The summed E-state index contributed by atoms with van der Waals surface area (Å²) < 4.78 is 5.58. The standard InChI is InChI=1S/C18H27NO/c1-13-2-5-17(12-19)15(10-13)6-3-14-4-7-18-16(11-14)8-9-20-18/h4,7,11,13,15,17H,2-3,5-6,8-10,12,19H2,1H3. The second-order valence-corrected chi connectivity index (χ2v) is 6.75. The third-order valence-corrected chi connectivity index (χ3v) is 5.26. The van der Waals surface area contributed by atoms with Gasteiger partial charge in [-0.25, -0.2) is 0 Å². The molecule has 0 bridgehead atoms. The van der Waals surface area contributed by atoms with E-state index in [1.165, 1.54) is 43.2 Å². The minimum absolute atomic E-state index is 0.754. The third-order valence-electron chi connectivity index (χ3n) is 5.26. The van der Waals surface area contributed by atoms with Crippen LogP contribution >= 0.6 is 0 Å². The third kappa shape index (κ3) is 3.01. The lowest BCUT2D eigenvalue weighted by molar-refractivity contribution is 0.184. The molecule has 1 aromatic carbocycles. The Labute approximate surface area is 122 Å². The molecule has 0 amide bonds. The Bertz CT molecular complexity index is 457. The highest BCUT2D eigenvalue weighted by atomic mass is 16.5. The average molecular weight is 273 g/mol. The summed E-state index contributed by atoms with van der Waals surface area (Å²) in [6.45, 7) is 4.12. The Balaban J connectivity index is 1.60. The first-order valence-corrected chi connectivity index (χ1v) is 8.21. The Hall–Kier alpha value is -1.02. The number of aryl methyl sites for hydroxylation is 1. The molecule has 1 heterocycles. The Morgan fingerprint density at radius 1 is 1.25 bits per heavy atom. The minimum Gasteiger partial charge on any atom is -0.493 e. The van der Waals surface area contributed by atoms with Gasteiger partial charge < -0.3 is 10.5 Å². The van der Waals surface area contributed by atoms with Gasteiger partial charge in [0.15, 0.2) is 0 Å². The molecule has 3 atom stereocenters. The molecule has 0 saturated heterocycles. The Morgan fingerprint density at radius 3 is 3.00 bits per heavy atom. The normalized spacial score (nSPS) is 29.0. The summed E-state index contributed by atoms with van der Waals surface area (Å²) in [6.07, 6.45) is 7.65. The minimum atomic E-state index is 0.754. The summed E-state index contributed by atoms with van der Waals surface area (Å²) in [5.74, 6) is 3.56. The fourth-order valence-electron chi connectivity index (χ4n) is 3.97. The molecule has 1 aliphatic carbocycles. The highest BCUT2D eigenvalue weighted by molar-refractivity contribution is 5.39. The van der Waals surface area contributed by atoms with E-state index < -0.39 is 0 Å². The quantitative estimate of drug-likeness (QED) is 0.910. The SMILES string of the molecule is CC1CCC(CN)C(CCc2ccc3c(c2)CCO3)C1. The van der Waals surface area contributed by atoms with E-state index >= 15 is 0 Å². The van der Waals surface area contributed by atoms with Crippen LogP contribution in [0.25, 0.3) is 0 Å². The monoisotopic (exact) mass is 273 g/mol. The van der Waals surface area contributed by atoms with E-state index in [9.17, 15) is 0 Å². The van der Waals surface area contributed by atoms with E-state index in [-0.39, 0.29) is 0 Å². The van der Waals surface area contributed by atoms with Gasteiger partial charge in [0.25, 0.3) is 0 Å². The maximum absolute atomic E-state index is 5.97. The van der Waals surface area contributed by atoms with E-state index in [1.54, 1.807) is 0 Å². The Kier molecular flexibility index (Phi) is 4.30. The molecule has 1 saturated carbocycles. The number of fused-ring (bicyclic) bond motifs is 1. The van der Waals surface area contributed by atoms with E-state index in [2.05, 4.69) is 25.1 Å². The summed E-state index contributed by atoms with van der Waals surface area (Å²) in [4.78, 5) is 0. The van der Waals surface area contributed by atoms with Gasteiger partial charge in [-0.2, -0.15) is 0 Å². The van der Waals surface area contributed by atoms with Gasteiger partial charge in [-0.3, -0.25) is 0 Å². The molecule has 0 aromatic heterocycles. The molecule has 3 rings (SSSR count). The summed E-state index contributed by atoms with van der Waals surface area (Å²) in [7, 11) is 0. The van der Waals surface area contributed by atoms with Gasteiger partial charge in [-0.05, 0) is 67.2 Å². The molecule has 1 aromatic rings.